The third kappa shape index (κ3) is 3.46. The van der Waals surface area contributed by atoms with Gasteiger partial charge in [0.1, 0.15) is 11.0 Å². The minimum atomic E-state index is -0.398. The summed E-state index contributed by atoms with van der Waals surface area (Å²) in [6.07, 6.45) is 0. The molecule has 0 radical (unpaired) electrons. The smallest absolute Gasteiger partial charge is 0.242 e. The molecule has 122 valence electrons. The molecule has 0 aliphatic carbocycles. The minimum absolute atomic E-state index is 0.0679. The number of carbonyl (C=O) groups excluding carboxylic acids is 1. The number of amides is 1. The Morgan fingerprint density at radius 1 is 1.39 bits per heavy atom. The van der Waals surface area contributed by atoms with Gasteiger partial charge in [-0.25, -0.2) is 4.98 Å². The average molecular weight is 333 g/mol. The molecule has 6 nitrogen and oxygen atoms in total. The zero-order valence-electron chi connectivity index (χ0n) is 13.3. The first-order valence-corrected chi connectivity index (χ1v) is 8.17. The van der Waals surface area contributed by atoms with Gasteiger partial charge < -0.3 is 14.8 Å². The van der Waals surface area contributed by atoms with Gasteiger partial charge in [0.15, 0.2) is 11.5 Å². The highest BCUT2D eigenvalue weighted by atomic mass is 32.1. The predicted octanol–water partition coefficient (Wildman–Crippen LogP) is 2.10. The molecular formula is C16H19N3O3S. The van der Waals surface area contributed by atoms with Crippen LogP contribution in [0, 0.1) is 6.92 Å². The zero-order chi connectivity index (χ0) is 16.4. The highest BCUT2D eigenvalue weighted by Crippen LogP contribution is 2.35. The van der Waals surface area contributed by atoms with E-state index in [0.717, 1.165) is 16.3 Å². The second-order valence-corrected chi connectivity index (χ2v) is 6.52. The number of carbonyl (C=O) groups is 1. The number of nitrogens with zero attached hydrogens (tertiary/aromatic N) is 2. The van der Waals surface area contributed by atoms with Gasteiger partial charge in [-0.2, -0.15) is 0 Å². The number of nitrogens with one attached hydrogen (secondary N) is 1. The monoisotopic (exact) mass is 333 g/mol. The van der Waals surface area contributed by atoms with Crippen LogP contribution in [0.5, 0.6) is 11.5 Å². The van der Waals surface area contributed by atoms with Gasteiger partial charge in [0.05, 0.1) is 6.54 Å². The van der Waals surface area contributed by atoms with Crippen LogP contribution in [-0.4, -0.2) is 36.7 Å². The molecule has 1 atom stereocenters. The van der Waals surface area contributed by atoms with Crippen molar-refractivity contribution < 1.29 is 14.3 Å². The summed E-state index contributed by atoms with van der Waals surface area (Å²) < 4.78 is 10.7. The van der Waals surface area contributed by atoms with E-state index in [9.17, 15) is 4.79 Å². The van der Waals surface area contributed by atoms with Gasteiger partial charge in [-0.15, -0.1) is 11.3 Å². The Labute approximate surface area is 139 Å². The zero-order valence-corrected chi connectivity index (χ0v) is 14.1. The summed E-state index contributed by atoms with van der Waals surface area (Å²) >= 11 is 1.55. The number of aryl methyl sites for hydroxylation is 1. The number of likely N-dealkylation sites (N-methyl/N-ethyl adjacent to an activating group) is 1. The Balaban J connectivity index is 1.74. The number of ether oxygens (including phenoxy) is 2. The van der Waals surface area contributed by atoms with Crippen LogP contribution >= 0.6 is 11.3 Å². The molecular weight excluding hydrogens is 314 g/mol. The molecule has 0 bridgehead atoms. The highest BCUT2D eigenvalue weighted by molar-refractivity contribution is 7.09. The number of aromatic nitrogens is 1. The molecule has 1 amide bonds. The van der Waals surface area contributed by atoms with Gasteiger partial charge in [0.25, 0.3) is 0 Å². The average Bonchev–Trinajstić information content (AvgIpc) is 3.13. The maximum Gasteiger partial charge on any atom is 0.242 e. The predicted molar refractivity (Wildman–Crippen MR) is 87.7 cm³/mol. The van der Waals surface area contributed by atoms with Gasteiger partial charge in [-0.1, -0.05) is 6.07 Å². The number of rotatable bonds is 5. The summed E-state index contributed by atoms with van der Waals surface area (Å²) in [6, 6.07) is 5.20. The van der Waals surface area contributed by atoms with E-state index in [0.29, 0.717) is 18.0 Å². The second-order valence-electron chi connectivity index (χ2n) is 5.58. The lowest BCUT2D eigenvalue weighted by atomic mass is 10.0. The topological polar surface area (TPSA) is 63.7 Å². The summed E-state index contributed by atoms with van der Waals surface area (Å²) in [5.41, 5.74) is 1.84. The minimum Gasteiger partial charge on any atom is -0.454 e. The quantitative estimate of drug-likeness (QED) is 0.908. The van der Waals surface area contributed by atoms with E-state index >= 15 is 0 Å². The van der Waals surface area contributed by atoms with E-state index < -0.39 is 6.04 Å². The third-order valence-electron chi connectivity index (χ3n) is 3.56. The maximum absolute atomic E-state index is 12.6. The van der Waals surface area contributed by atoms with Gasteiger partial charge in [-0.05, 0) is 38.7 Å². The first-order valence-electron chi connectivity index (χ1n) is 7.29. The van der Waals surface area contributed by atoms with Crippen molar-refractivity contribution >= 4 is 17.2 Å². The summed E-state index contributed by atoms with van der Waals surface area (Å²) in [5.74, 6) is 1.32. The van der Waals surface area contributed by atoms with Crippen LogP contribution in [0.15, 0.2) is 23.6 Å². The summed E-state index contributed by atoms with van der Waals surface area (Å²) in [6.45, 7) is 2.60. The molecule has 1 unspecified atom stereocenters. The molecule has 1 aromatic heterocycles. The van der Waals surface area contributed by atoms with Crippen molar-refractivity contribution in [3.05, 3.63) is 39.8 Å². The van der Waals surface area contributed by atoms with E-state index in [2.05, 4.69) is 10.3 Å². The number of fused-ring (bicyclic) bond motifs is 1. The maximum atomic E-state index is 12.6. The standard InChI is InChI=1S/C16H19N3O3S/c1-10-8-23-14(18-10)7-17-16(20)15(19(2)3)11-4-5-12-13(6-11)22-9-21-12/h4-6,8,15H,7,9H2,1-3H3,(H,17,20). The van der Waals surface area contributed by atoms with E-state index in [-0.39, 0.29) is 12.7 Å². The van der Waals surface area contributed by atoms with Crippen molar-refractivity contribution in [3.8, 4) is 11.5 Å². The van der Waals surface area contributed by atoms with Crippen LogP contribution in [0.1, 0.15) is 22.3 Å². The Bertz CT molecular complexity index is 714. The van der Waals surface area contributed by atoms with Crippen LogP contribution in [0.2, 0.25) is 0 Å². The number of benzene rings is 1. The lowest BCUT2D eigenvalue weighted by Crippen LogP contribution is -2.36. The summed E-state index contributed by atoms with van der Waals surface area (Å²) in [5, 5.41) is 5.83. The van der Waals surface area contributed by atoms with Crippen molar-refractivity contribution in [1.82, 2.24) is 15.2 Å². The van der Waals surface area contributed by atoms with E-state index in [4.69, 9.17) is 9.47 Å². The Kier molecular flexibility index (Phi) is 4.49. The van der Waals surface area contributed by atoms with Crippen LogP contribution in [0.4, 0.5) is 0 Å². The van der Waals surface area contributed by atoms with Crippen molar-refractivity contribution in [2.75, 3.05) is 20.9 Å². The number of hydrogen-bond donors (Lipinski definition) is 1. The molecule has 1 aromatic carbocycles. The van der Waals surface area contributed by atoms with Crippen molar-refractivity contribution in [2.45, 2.75) is 19.5 Å². The van der Waals surface area contributed by atoms with Crippen molar-refractivity contribution in [3.63, 3.8) is 0 Å². The Morgan fingerprint density at radius 3 is 2.87 bits per heavy atom. The Hall–Kier alpha value is -2.12. The molecule has 1 aliphatic heterocycles. The van der Waals surface area contributed by atoms with Crippen molar-refractivity contribution in [1.29, 1.82) is 0 Å². The SMILES string of the molecule is Cc1csc(CNC(=O)C(c2ccc3c(c2)OCO3)N(C)C)n1. The van der Waals surface area contributed by atoms with E-state index in [1.54, 1.807) is 11.3 Å². The molecule has 7 heteroatoms. The van der Waals surface area contributed by atoms with E-state index in [1.807, 2.05) is 49.5 Å². The largest absolute Gasteiger partial charge is 0.454 e. The van der Waals surface area contributed by atoms with Crippen molar-refractivity contribution in [2.24, 2.45) is 0 Å². The molecule has 3 rings (SSSR count). The molecule has 2 heterocycles. The molecule has 1 N–H and O–H groups in total. The van der Waals surface area contributed by atoms with Gasteiger partial charge >= 0.3 is 0 Å². The molecule has 0 saturated heterocycles. The molecule has 23 heavy (non-hydrogen) atoms. The normalized spacial score (nSPS) is 14.1. The lowest BCUT2D eigenvalue weighted by Gasteiger charge is -2.23. The van der Waals surface area contributed by atoms with Gasteiger partial charge in [0.2, 0.25) is 12.7 Å². The highest BCUT2D eigenvalue weighted by Gasteiger charge is 2.25. The number of thiazole rings is 1. The molecule has 0 fully saturated rings. The van der Waals surface area contributed by atoms with Crippen LogP contribution < -0.4 is 14.8 Å². The van der Waals surface area contributed by atoms with Crippen LogP contribution in [-0.2, 0) is 11.3 Å². The summed E-state index contributed by atoms with van der Waals surface area (Å²) in [7, 11) is 3.75. The molecule has 2 aromatic rings. The molecule has 0 saturated carbocycles. The van der Waals surface area contributed by atoms with Gasteiger partial charge in [-0.3, -0.25) is 9.69 Å². The Morgan fingerprint density at radius 2 is 2.17 bits per heavy atom. The third-order valence-corrected chi connectivity index (χ3v) is 4.52. The number of hydrogen-bond acceptors (Lipinski definition) is 6. The van der Waals surface area contributed by atoms with Crippen LogP contribution in [0.3, 0.4) is 0 Å². The fourth-order valence-electron chi connectivity index (χ4n) is 2.51. The molecule has 0 spiro atoms. The van der Waals surface area contributed by atoms with Gasteiger partial charge in [0, 0.05) is 11.1 Å². The first kappa shape index (κ1) is 15.8. The van der Waals surface area contributed by atoms with E-state index in [1.165, 1.54) is 0 Å². The van der Waals surface area contributed by atoms with Crippen LogP contribution in [0.25, 0.3) is 0 Å². The first-order chi connectivity index (χ1) is 11.0. The fraction of sp³-hybridized carbons (Fsp3) is 0.375. The summed E-state index contributed by atoms with van der Waals surface area (Å²) in [4.78, 5) is 18.9. The second kappa shape index (κ2) is 6.55. The fourth-order valence-corrected chi connectivity index (χ4v) is 3.22. The molecule has 1 aliphatic rings. The lowest BCUT2D eigenvalue weighted by molar-refractivity contribution is -0.125.